The van der Waals surface area contributed by atoms with Crippen LogP contribution in [0.3, 0.4) is 0 Å². The molecule has 0 atom stereocenters. The van der Waals surface area contributed by atoms with Crippen molar-refractivity contribution in [2.45, 2.75) is 6.42 Å². The third-order valence-corrected chi connectivity index (χ3v) is 3.90. The van der Waals surface area contributed by atoms with Crippen molar-refractivity contribution >= 4 is 26.8 Å². The number of benzene rings is 1. The Labute approximate surface area is 149 Å². The van der Waals surface area contributed by atoms with E-state index in [0.717, 1.165) is 10.9 Å². The molecule has 0 unspecified atom stereocenters. The number of rotatable bonds is 2. The molecule has 0 aliphatic heterocycles. The van der Waals surface area contributed by atoms with Crippen LogP contribution in [-0.2, 0) is 23.5 Å². The van der Waals surface area contributed by atoms with Crippen molar-refractivity contribution in [1.82, 2.24) is 4.98 Å². The summed E-state index contributed by atoms with van der Waals surface area (Å²) in [5, 5.41) is 1.30. The Hall–Kier alpha value is -1.54. The molecule has 0 aliphatic carbocycles. The van der Waals surface area contributed by atoms with E-state index in [0.29, 0.717) is 0 Å². The average molecular weight is 394 g/mol. The SMILES string of the molecule is Brc1ccc2[nH]cc(Cc3cc[cH-]c3)c2c1.[Fe+2].c1cc[cH-]c1. The number of aromatic nitrogens is 1. The van der Waals surface area contributed by atoms with Gasteiger partial charge in [-0.3, -0.25) is 0 Å². The predicted octanol–water partition coefficient (Wildman–Crippen LogP) is 5.64. The third kappa shape index (κ3) is 4.23. The minimum Gasteiger partial charge on any atom is -0.361 e. The van der Waals surface area contributed by atoms with Crippen LogP contribution in [0, 0.1) is 0 Å². The third-order valence-electron chi connectivity index (χ3n) is 3.41. The van der Waals surface area contributed by atoms with Gasteiger partial charge in [-0.25, -0.2) is 18.2 Å². The molecule has 1 N–H and O–H groups in total. The van der Waals surface area contributed by atoms with E-state index in [-0.39, 0.29) is 17.1 Å². The molecule has 0 spiro atoms. The van der Waals surface area contributed by atoms with Gasteiger partial charge in [0.15, 0.2) is 0 Å². The molecule has 0 saturated carbocycles. The van der Waals surface area contributed by atoms with Crippen LogP contribution in [0.25, 0.3) is 10.9 Å². The van der Waals surface area contributed by atoms with Gasteiger partial charge in [0, 0.05) is 21.6 Å². The minimum atomic E-state index is 0. The minimum absolute atomic E-state index is 0. The van der Waals surface area contributed by atoms with Gasteiger partial charge in [0.25, 0.3) is 0 Å². The van der Waals surface area contributed by atoms with E-state index in [9.17, 15) is 0 Å². The van der Waals surface area contributed by atoms with E-state index < -0.39 is 0 Å². The smallest absolute Gasteiger partial charge is 0.361 e. The summed E-state index contributed by atoms with van der Waals surface area (Å²) < 4.78 is 1.13. The summed E-state index contributed by atoms with van der Waals surface area (Å²) in [6.45, 7) is 0. The molecule has 1 heterocycles. The topological polar surface area (TPSA) is 15.8 Å². The molecule has 0 fully saturated rings. The molecule has 3 heteroatoms. The van der Waals surface area contributed by atoms with Crippen LogP contribution in [0.5, 0.6) is 0 Å². The largest absolute Gasteiger partial charge is 2.00 e. The van der Waals surface area contributed by atoms with Gasteiger partial charge in [-0.1, -0.05) is 22.4 Å². The summed E-state index contributed by atoms with van der Waals surface area (Å²) in [4.78, 5) is 3.31. The molecule has 1 aromatic heterocycles. The Bertz CT molecular complexity index is 765. The fraction of sp³-hybridized carbons (Fsp3) is 0.0526. The Morgan fingerprint density at radius 1 is 1.00 bits per heavy atom. The Kier molecular flexibility index (Phi) is 6.26. The molecule has 4 rings (SSSR count). The van der Waals surface area contributed by atoms with Gasteiger partial charge in [0.1, 0.15) is 0 Å². The number of hydrogen-bond acceptors (Lipinski definition) is 0. The summed E-state index contributed by atoms with van der Waals surface area (Å²) in [5.41, 5.74) is 3.91. The summed E-state index contributed by atoms with van der Waals surface area (Å²) in [7, 11) is 0. The first kappa shape index (κ1) is 16.8. The summed E-state index contributed by atoms with van der Waals surface area (Å²) in [5.74, 6) is 0. The van der Waals surface area contributed by atoms with Crippen molar-refractivity contribution in [3.8, 4) is 0 Å². The Balaban J connectivity index is 0.000000253. The molecular formula is C19H16BrFeN. The quantitative estimate of drug-likeness (QED) is 0.335. The van der Waals surface area contributed by atoms with Gasteiger partial charge in [-0.2, -0.15) is 42.0 Å². The maximum atomic E-state index is 3.52. The maximum Gasteiger partial charge on any atom is 2.00 e. The van der Waals surface area contributed by atoms with Crippen LogP contribution < -0.4 is 0 Å². The van der Waals surface area contributed by atoms with Gasteiger partial charge >= 0.3 is 17.1 Å². The first-order valence-electron chi connectivity index (χ1n) is 6.96. The molecule has 112 valence electrons. The van der Waals surface area contributed by atoms with Crippen molar-refractivity contribution in [3.05, 3.63) is 94.6 Å². The summed E-state index contributed by atoms with van der Waals surface area (Å²) in [6, 6.07) is 24.8. The molecule has 3 aromatic carbocycles. The number of fused-ring (bicyclic) bond motifs is 1. The first-order valence-corrected chi connectivity index (χ1v) is 7.75. The number of nitrogens with one attached hydrogen (secondary N) is 1. The van der Waals surface area contributed by atoms with E-state index in [1.807, 2.05) is 30.3 Å². The standard InChI is InChI=1S/C14H11BrN.C5H5.Fe/c15-12-5-6-14-13(8-12)11(9-16-14)7-10-3-1-2-4-10;1-2-4-5-3-1;/h1-6,8-9,16H,7H2;1-5H;/q2*-1;+2. The van der Waals surface area contributed by atoms with Gasteiger partial charge < -0.3 is 4.98 Å². The fourth-order valence-corrected chi connectivity index (χ4v) is 2.73. The molecule has 22 heavy (non-hydrogen) atoms. The van der Waals surface area contributed by atoms with Crippen LogP contribution in [0.4, 0.5) is 0 Å². The first-order chi connectivity index (χ1) is 10.3. The van der Waals surface area contributed by atoms with E-state index in [4.69, 9.17) is 0 Å². The van der Waals surface area contributed by atoms with Gasteiger partial charge in [-0.15, -0.1) is 0 Å². The van der Waals surface area contributed by atoms with Crippen LogP contribution in [0.15, 0.2) is 83.5 Å². The number of aromatic amines is 1. The molecule has 0 amide bonds. The maximum absolute atomic E-state index is 3.52. The van der Waals surface area contributed by atoms with E-state index >= 15 is 0 Å². The van der Waals surface area contributed by atoms with E-state index in [2.05, 4.69) is 69.6 Å². The van der Waals surface area contributed by atoms with E-state index in [1.165, 1.54) is 22.0 Å². The van der Waals surface area contributed by atoms with Crippen molar-refractivity contribution < 1.29 is 17.1 Å². The summed E-state index contributed by atoms with van der Waals surface area (Å²) in [6.07, 6.45) is 3.09. The second kappa shape index (κ2) is 8.19. The normalized spacial score (nSPS) is 9.86. The Morgan fingerprint density at radius 3 is 2.45 bits per heavy atom. The fourth-order valence-electron chi connectivity index (χ4n) is 2.37. The van der Waals surface area contributed by atoms with Gasteiger partial charge in [0.05, 0.1) is 0 Å². The van der Waals surface area contributed by atoms with Crippen molar-refractivity contribution in [1.29, 1.82) is 0 Å². The Morgan fingerprint density at radius 2 is 1.82 bits per heavy atom. The van der Waals surface area contributed by atoms with E-state index in [1.54, 1.807) is 0 Å². The summed E-state index contributed by atoms with van der Waals surface area (Å²) >= 11 is 3.52. The van der Waals surface area contributed by atoms with Crippen molar-refractivity contribution in [2.75, 3.05) is 0 Å². The van der Waals surface area contributed by atoms with Crippen LogP contribution in [0.1, 0.15) is 11.1 Å². The monoisotopic (exact) mass is 393 g/mol. The zero-order valence-electron chi connectivity index (χ0n) is 11.9. The molecule has 0 radical (unpaired) electrons. The molecule has 0 aliphatic rings. The second-order valence-electron chi connectivity index (χ2n) is 4.94. The second-order valence-corrected chi connectivity index (χ2v) is 5.85. The zero-order valence-corrected chi connectivity index (χ0v) is 14.6. The molecule has 4 aromatic rings. The molecular weight excluding hydrogens is 378 g/mol. The predicted molar refractivity (Wildman–Crippen MR) is 92.9 cm³/mol. The van der Waals surface area contributed by atoms with Gasteiger partial charge in [0.2, 0.25) is 0 Å². The number of H-pyrrole nitrogens is 1. The van der Waals surface area contributed by atoms with Crippen LogP contribution in [-0.4, -0.2) is 4.98 Å². The van der Waals surface area contributed by atoms with Crippen molar-refractivity contribution in [3.63, 3.8) is 0 Å². The number of hydrogen-bond donors (Lipinski definition) is 1. The zero-order chi connectivity index (χ0) is 14.5. The molecule has 0 saturated heterocycles. The van der Waals surface area contributed by atoms with Crippen LogP contribution in [0.2, 0.25) is 0 Å². The molecule has 0 bridgehead atoms. The van der Waals surface area contributed by atoms with Gasteiger partial charge in [-0.05, 0) is 23.8 Å². The van der Waals surface area contributed by atoms with Crippen LogP contribution >= 0.6 is 15.9 Å². The molecule has 1 nitrogen and oxygen atoms in total. The average Bonchev–Trinajstić information content (AvgIpc) is 3.22. The number of halogens is 1. The van der Waals surface area contributed by atoms with Crippen molar-refractivity contribution in [2.24, 2.45) is 0 Å².